The lowest BCUT2D eigenvalue weighted by atomic mass is 9.99. The van der Waals surface area contributed by atoms with Gasteiger partial charge in [-0.25, -0.2) is 0 Å². The van der Waals surface area contributed by atoms with Crippen LogP contribution < -0.4 is 5.73 Å². The van der Waals surface area contributed by atoms with Crippen LogP contribution >= 0.6 is 0 Å². The van der Waals surface area contributed by atoms with E-state index in [0.717, 1.165) is 12.1 Å². The summed E-state index contributed by atoms with van der Waals surface area (Å²) in [6, 6.07) is 2.14. The Balaban J connectivity index is 1.90. The van der Waals surface area contributed by atoms with Crippen molar-refractivity contribution in [1.82, 2.24) is 4.90 Å². The van der Waals surface area contributed by atoms with Crippen LogP contribution in [-0.4, -0.2) is 29.6 Å². The first-order valence-corrected chi connectivity index (χ1v) is 4.78. The van der Waals surface area contributed by atoms with Crippen LogP contribution in [0, 0.1) is 0 Å². The first-order chi connectivity index (χ1) is 5.27. The summed E-state index contributed by atoms with van der Waals surface area (Å²) in [7, 11) is 0. The van der Waals surface area contributed by atoms with Gasteiger partial charge in [-0.15, -0.1) is 0 Å². The normalized spacial score (nSPS) is 40.9. The van der Waals surface area contributed by atoms with Crippen molar-refractivity contribution >= 4 is 0 Å². The number of nitrogens with zero attached hydrogens (tertiary/aromatic N) is 1. The Morgan fingerprint density at radius 1 is 1.27 bits per heavy atom. The van der Waals surface area contributed by atoms with Gasteiger partial charge in [-0.2, -0.15) is 0 Å². The fourth-order valence-electron chi connectivity index (χ4n) is 2.18. The molecule has 0 amide bonds. The van der Waals surface area contributed by atoms with E-state index < -0.39 is 0 Å². The molecule has 1 aliphatic heterocycles. The SMILES string of the molecule is CC1CC(N)CCN1C1CC1. The second kappa shape index (κ2) is 2.76. The van der Waals surface area contributed by atoms with Crippen LogP contribution in [0.15, 0.2) is 0 Å². The fraction of sp³-hybridized carbons (Fsp3) is 1.00. The third-order valence-electron chi connectivity index (χ3n) is 2.98. The summed E-state index contributed by atoms with van der Waals surface area (Å²) in [6.07, 6.45) is 5.27. The van der Waals surface area contributed by atoms with Gasteiger partial charge in [-0.3, -0.25) is 4.90 Å². The third-order valence-corrected chi connectivity index (χ3v) is 2.98. The average Bonchev–Trinajstić information content (AvgIpc) is 2.70. The van der Waals surface area contributed by atoms with Crippen molar-refractivity contribution in [1.29, 1.82) is 0 Å². The summed E-state index contributed by atoms with van der Waals surface area (Å²) in [6.45, 7) is 3.56. The van der Waals surface area contributed by atoms with Crippen molar-refractivity contribution in [2.45, 2.75) is 50.7 Å². The first kappa shape index (κ1) is 7.56. The number of hydrogen-bond acceptors (Lipinski definition) is 2. The van der Waals surface area contributed by atoms with E-state index in [4.69, 9.17) is 5.73 Å². The van der Waals surface area contributed by atoms with E-state index in [1.807, 2.05) is 0 Å². The Labute approximate surface area is 68.7 Å². The van der Waals surface area contributed by atoms with Gasteiger partial charge in [0.15, 0.2) is 0 Å². The van der Waals surface area contributed by atoms with Crippen LogP contribution in [0.4, 0.5) is 0 Å². The molecule has 0 spiro atoms. The molecule has 1 saturated heterocycles. The minimum Gasteiger partial charge on any atom is -0.328 e. The predicted octanol–water partition coefficient (Wildman–Crippen LogP) is 0.960. The molecule has 2 nitrogen and oxygen atoms in total. The highest BCUT2D eigenvalue weighted by Gasteiger charge is 2.34. The zero-order valence-electron chi connectivity index (χ0n) is 7.29. The standard InChI is InChI=1S/C9H18N2/c1-7-6-8(10)4-5-11(7)9-2-3-9/h7-9H,2-6,10H2,1H3. The summed E-state index contributed by atoms with van der Waals surface area (Å²) < 4.78 is 0. The average molecular weight is 154 g/mol. The lowest BCUT2D eigenvalue weighted by Gasteiger charge is -2.36. The molecule has 1 saturated carbocycles. The molecular weight excluding hydrogens is 136 g/mol. The monoisotopic (exact) mass is 154 g/mol. The zero-order chi connectivity index (χ0) is 7.84. The van der Waals surface area contributed by atoms with E-state index in [-0.39, 0.29) is 0 Å². The van der Waals surface area contributed by atoms with Gasteiger partial charge in [0, 0.05) is 24.7 Å². The van der Waals surface area contributed by atoms with Crippen molar-refractivity contribution in [3.05, 3.63) is 0 Å². The van der Waals surface area contributed by atoms with Crippen molar-refractivity contribution in [3.63, 3.8) is 0 Å². The van der Waals surface area contributed by atoms with Crippen molar-refractivity contribution in [3.8, 4) is 0 Å². The van der Waals surface area contributed by atoms with Gasteiger partial charge in [-0.05, 0) is 32.6 Å². The van der Waals surface area contributed by atoms with Crippen LogP contribution in [0.5, 0.6) is 0 Å². The molecule has 0 bridgehead atoms. The lowest BCUT2D eigenvalue weighted by Crippen LogP contribution is -2.46. The van der Waals surface area contributed by atoms with Gasteiger partial charge in [0.2, 0.25) is 0 Å². The molecule has 2 unspecified atom stereocenters. The maximum Gasteiger partial charge on any atom is 0.00992 e. The minimum absolute atomic E-state index is 0.472. The molecule has 1 aliphatic carbocycles. The predicted molar refractivity (Wildman–Crippen MR) is 46.4 cm³/mol. The quantitative estimate of drug-likeness (QED) is 0.609. The molecule has 64 valence electrons. The minimum atomic E-state index is 0.472. The molecule has 2 rings (SSSR count). The molecule has 2 fully saturated rings. The molecule has 11 heavy (non-hydrogen) atoms. The highest BCUT2D eigenvalue weighted by atomic mass is 15.2. The number of piperidine rings is 1. The second-order valence-corrected chi connectivity index (χ2v) is 4.10. The summed E-state index contributed by atoms with van der Waals surface area (Å²) in [4.78, 5) is 2.64. The topological polar surface area (TPSA) is 29.3 Å². The Hall–Kier alpha value is -0.0800. The maximum atomic E-state index is 5.88. The Kier molecular flexibility index (Phi) is 1.90. The molecular formula is C9H18N2. The summed E-state index contributed by atoms with van der Waals surface area (Å²) in [5.41, 5.74) is 5.88. The van der Waals surface area contributed by atoms with E-state index >= 15 is 0 Å². The fourth-order valence-corrected chi connectivity index (χ4v) is 2.18. The molecule has 0 aromatic heterocycles. The molecule has 2 heteroatoms. The Bertz CT molecular complexity index is 142. The molecule has 1 heterocycles. The van der Waals surface area contributed by atoms with Crippen LogP contribution in [0.25, 0.3) is 0 Å². The first-order valence-electron chi connectivity index (χ1n) is 4.78. The highest BCUT2D eigenvalue weighted by Crippen LogP contribution is 2.31. The van der Waals surface area contributed by atoms with Gasteiger partial charge in [-0.1, -0.05) is 0 Å². The van der Waals surface area contributed by atoms with E-state index in [0.29, 0.717) is 6.04 Å². The van der Waals surface area contributed by atoms with E-state index in [9.17, 15) is 0 Å². The molecule has 2 N–H and O–H groups in total. The van der Waals surface area contributed by atoms with Gasteiger partial charge in [0.25, 0.3) is 0 Å². The van der Waals surface area contributed by atoms with Crippen LogP contribution in [0.3, 0.4) is 0 Å². The molecule has 2 aliphatic rings. The smallest absolute Gasteiger partial charge is 0.00992 e. The van der Waals surface area contributed by atoms with Gasteiger partial charge < -0.3 is 5.73 Å². The summed E-state index contributed by atoms with van der Waals surface area (Å²) >= 11 is 0. The largest absolute Gasteiger partial charge is 0.328 e. The Morgan fingerprint density at radius 2 is 2.00 bits per heavy atom. The second-order valence-electron chi connectivity index (χ2n) is 4.10. The van der Waals surface area contributed by atoms with Crippen LogP contribution in [0.1, 0.15) is 32.6 Å². The van der Waals surface area contributed by atoms with Gasteiger partial charge >= 0.3 is 0 Å². The van der Waals surface area contributed by atoms with Gasteiger partial charge in [0.05, 0.1) is 0 Å². The van der Waals surface area contributed by atoms with E-state index in [1.165, 1.54) is 32.2 Å². The van der Waals surface area contributed by atoms with E-state index in [1.54, 1.807) is 0 Å². The van der Waals surface area contributed by atoms with Crippen LogP contribution in [-0.2, 0) is 0 Å². The molecule has 2 atom stereocenters. The zero-order valence-corrected chi connectivity index (χ0v) is 7.29. The summed E-state index contributed by atoms with van der Waals surface area (Å²) in [5, 5.41) is 0. The molecule has 0 aromatic carbocycles. The number of rotatable bonds is 1. The van der Waals surface area contributed by atoms with Crippen molar-refractivity contribution < 1.29 is 0 Å². The third kappa shape index (κ3) is 1.57. The van der Waals surface area contributed by atoms with Gasteiger partial charge in [0.1, 0.15) is 0 Å². The number of likely N-dealkylation sites (tertiary alicyclic amines) is 1. The van der Waals surface area contributed by atoms with Crippen molar-refractivity contribution in [2.75, 3.05) is 6.54 Å². The Morgan fingerprint density at radius 3 is 2.55 bits per heavy atom. The van der Waals surface area contributed by atoms with Crippen molar-refractivity contribution in [2.24, 2.45) is 5.73 Å². The number of nitrogens with two attached hydrogens (primary N) is 1. The molecule has 0 aromatic rings. The molecule has 0 radical (unpaired) electrons. The number of hydrogen-bond donors (Lipinski definition) is 1. The summed E-state index contributed by atoms with van der Waals surface area (Å²) in [5.74, 6) is 0. The highest BCUT2D eigenvalue weighted by molar-refractivity contribution is 4.91. The van der Waals surface area contributed by atoms with Crippen LogP contribution in [0.2, 0.25) is 0 Å². The maximum absolute atomic E-state index is 5.88. The van der Waals surface area contributed by atoms with E-state index in [2.05, 4.69) is 11.8 Å². The lowest BCUT2D eigenvalue weighted by molar-refractivity contribution is 0.139.